The van der Waals surface area contributed by atoms with Crippen molar-refractivity contribution in [3.8, 4) is 5.75 Å². The number of nitrogens with one attached hydrogen (secondary N) is 1. The second-order valence-corrected chi connectivity index (χ2v) is 2.82. The van der Waals surface area contributed by atoms with Crippen LogP contribution in [0.5, 0.6) is 5.75 Å². The molecule has 0 atom stereocenters. The third kappa shape index (κ3) is 1.41. The van der Waals surface area contributed by atoms with Gasteiger partial charge in [0.05, 0.1) is 4.92 Å². The van der Waals surface area contributed by atoms with Crippen LogP contribution in [0.3, 0.4) is 0 Å². The zero-order valence-corrected chi connectivity index (χ0v) is 7.47. The van der Waals surface area contributed by atoms with Crippen molar-refractivity contribution in [2.45, 2.75) is 0 Å². The number of hydrogen-bond donors (Lipinski definition) is 1. The Morgan fingerprint density at radius 3 is 2.93 bits per heavy atom. The van der Waals surface area contributed by atoms with Gasteiger partial charge in [-0.2, -0.15) is 0 Å². The van der Waals surface area contributed by atoms with Crippen molar-refractivity contribution in [1.82, 2.24) is 4.98 Å². The predicted octanol–water partition coefficient (Wildman–Crippen LogP) is 1.61. The lowest BCUT2D eigenvalue weighted by molar-refractivity contribution is -0.383. The second-order valence-electron chi connectivity index (χ2n) is 2.82. The number of para-hydroxylation sites is 1. The molecule has 0 unspecified atom stereocenters. The third-order valence-corrected chi connectivity index (χ3v) is 2.03. The van der Waals surface area contributed by atoms with Gasteiger partial charge in [-0.3, -0.25) is 14.9 Å². The summed E-state index contributed by atoms with van der Waals surface area (Å²) < 4.78 is 4.66. The van der Waals surface area contributed by atoms with E-state index in [4.69, 9.17) is 0 Å². The summed E-state index contributed by atoms with van der Waals surface area (Å²) in [6, 6.07) is 4.55. The Kier molecular flexibility index (Phi) is 2.09. The molecule has 6 heteroatoms. The molecule has 0 spiro atoms. The molecule has 1 N–H and O–H groups in total. The van der Waals surface area contributed by atoms with Crippen LogP contribution < -0.4 is 4.74 Å². The largest absolute Gasteiger partial charge is 0.426 e. The number of benzene rings is 1. The fourth-order valence-corrected chi connectivity index (χ4v) is 1.41. The van der Waals surface area contributed by atoms with Crippen molar-refractivity contribution in [3.63, 3.8) is 0 Å². The summed E-state index contributed by atoms with van der Waals surface area (Å²) in [6.45, 7) is 0.279. The number of nitrogens with zero attached hydrogens (tertiary/aromatic N) is 1. The SMILES string of the molecule is O=COc1c[nH]c2c([N+](=O)[O-])cccc12. The highest BCUT2D eigenvalue weighted by Gasteiger charge is 2.15. The molecule has 6 nitrogen and oxygen atoms in total. The Balaban J connectivity index is 2.68. The van der Waals surface area contributed by atoms with Gasteiger partial charge in [-0.25, -0.2) is 0 Å². The van der Waals surface area contributed by atoms with Crippen LogP contribution in [0.2, 0.25) is 0 Å². The van der Waals surface area contributed by atoms with Crippen LogP contribution in [0.4, 0.5) is 5.69 Å². The Morgan fingerprint density at radius 1 is 1.47 bits per heavy atom. The van der Waals surface area contributed by atoms with Gasteiger partial charge in [-0.15, -0.1) is 0 Å². The minimum absolute atomic E-state index is 0.0479. The molecule has 0 aliphatic rings. The van der Waals surface area contributed by atoms with E-state index in [0.717, 1.165) is 0 Å². The maximum atomic E-state index is 10.7. The number of non-ortho nitro benzene ring substituents is 1. The molecule has 1 aromatic carbocycles. The van der Waals surface area contributed by atoms with Gasteiger partial charge in [0.2, 0.25) is 0 Å². The van der Waals surface area contributed by atoms with Crippen molar-refractivity contribution in [2.75, 3.05) is 0 Å². The lowest BCUT2D eigenvalue weighted by Gasteiger charge is -1.95. The number of aromatic amines is 1. The summed E-state index contributed by atoms with van der Waals surface area (Å²) in [5.41, 5.74) is 0.299. The first-order chi connectivity index (χ1) is 7.24. The van der Waals surface area contributed by atoms with Crippen LogP contribution in [-0.2, 0) is 4.79 Å². The van der Waals surface area contributed by atoms with E-state index in [9.17, 15) is 14.9 Å². The van der Waals surface area contributed by atoms with Gasteiger partial charge < -0.3 is 9.72 Å². The number of ether oxygens (including phenoxy) is 1. The highest BCUT2D eigenvalue weighted by Crippen LogP contribution is 2.30. The molecule has 0 fully saturated rings. The number of H-pyrrole nitrogens is 1. The zero-order chi connectivity index (χ0) is 10.8. The fourth-order valence-electron chi connectivity index (χ4n) is 1.41. The molecule has 15 heavy (non-hydrogen) atoms. The molecule has 1 heterocycles. The first-order valence-electron chi connectivity index (χ1n) is 4.09. The van der Waals surface area contributed by atoms with Crippen molar-refractivity contribution >= 4 is 23.1 Å². The second kappa shape index (κ2) is 3.41. The van der Waals surface area contributed by atoms with Gasteiger partial charge in [0, 0.05) is 17.6 Å². The number of aromatic nitrogens is 1. The molecule has 0 saturated heterocycles. The summed E-state index contributed by atoms with van der Waals surface area (Å²) in [5.74, 6) is 0.281. The van der Waals surface area contributed by atoms with E-state index in [0.29, 0.717) is 10.9 Å². The van der Waals surface area contributed by atoms with Gasteiger partial charge in [-0.05, 0) is 6.07 Å². The molecule has 2 rings (SSSR count). The minimum Gasteiger partial charge on any atom is -0.426 e. The molecule has 0 bridgehead atoms. The van der Waals surface area contributed by atoms with E-state index in [1.54, 1.807) is 6.07 Å². The molecule has 0 aliphatic heterocycles. The number of hydrogen-bond acceptors (Lipinski definition) is 4. The molecule has 0 amide bonds. The van der Waals surface area contributed by atoms with Gasteiger partial charge in [0.1, 0.15) is 5.52 Å². The van der Waals surface area contributed by atoms with Crippen molar-refractivity contribution in [2.24, 2.45) is 0 Å². The molecule has 76 valence electrons. The first kappa shape index (κ1) is 9.20. The first-order valence-corrected chi connectivity index (χ1v) is 4.09. The lowest BCUT2D eigenvalue weighted by atomic mass is 10.2. The fraction of sp³-hybridized carbons (Fsp3) is 0. The van der Waals surface area contributed by atoms with Crippen LogP contribution in [-0.4, -0.2) is 16.4 Å². The van der Waals surface area contributed by atoms with Gasteiger partial charge in [-0.1, -0.05) is 6.07 Å². The Morgan fingerprint density at radius 2 is 2.27 bits per heavy atom. The summed E-state index contributed by atoms with van der Waals surface area (Å²) in [4.78, 5) is 23.0. The molecule has 0 radical (unpaired) electrons. The monoisotopic (exact) mass is 206 g/mol. The van der Waals surface area contributed by atoms with Crippen LogP contribution in [0.25, 0.3) is 10.9 Å². The zero-order valence-electron chi connectivity index (χ0n) is 7.47. The smallest absolute Gasteiger partial charge is 0.298 e. The van der Waals surface area contributed by atoms with Crippen molar-refractivity contribution in [3.05, 3.63) is 34.5 Å². The summed E-state index contributed by atoms with van der Waals surface area (Å²) in [6.07, 6.45) is 1.41. The third-order valence-electron chi connectivity index (χ3n) is 2.03. The standard InChI is InChI=1S/C9H6N2O4/c12-5-15-8-4-10-9-6(8)2-1-3-7(9)11(13)14/h1-5,10H. The van der Waals surface area contributed by atoms with Gasteiger partial charge in [0.15, 0.2) is 5.75 Å². The molecule has 0 saturated carbocycles. The molecular weight excluding hydrogens is 200 g/mol. The van der Waals surface area contributed by atoms with Crippen LogP contribution in [0, 0.1) is 10.1 Å². The Labute approximate surface area is 83.6 Å². The number of rotatable bonds is 3. The van der Waals surface area contributed by atoms with Gasteiger partial charge >= 0.3 is 0 Å². The summed E-state index contributed by atoms with van der Waals surface area (Å²) >= 11 is 0. The molecule has 1 aromatic heterocycles. The predicted molar refractivity (Wildman–Crippen MR) is 51.6 cm³/mol. The quantitative estimate of drug-likeness (QED) is 0.469. The van der Waals surface area contributed by atoms with E-state index in [1.807, 2.05) is 0 Å². The highest BCUT2D eigenvalue weighted by molar-refractivity contribution is 5.93. The number of nitro benzene ring substituents is 1. The maximum Gasteiger partial charge on any atom is 0.298 e. The molecule has 2 aromatic rings. The molecule has 0 aliphatic carbocycles. The number of fused-ring (bicyclic) bond motifs is 1. The van der Waals surface area contributed by atoms with E-state index in [2.05, 4.69) is 9.72 Å². The minimum atomic E-state index is -0.497. The van der Waals surface area contributed by atoms with Crippen LogP contribution in [0.15, 0.2) is 24.4 Å². The normalized spacial score (nSPS) is 10.1. The van der Waals surface area contributed by atoms with Gasteiger partial charge in [0.25, 0.3) is 12.2 Å². The average molecular weight is 206 g/mol. The van der Waals surface area contributed by atoms with E-state index < -0.39 is 4.92 Å². The number of carbonyl (C=O) groups excluding carboxylic acids is 1. The van der Waals surface area contributed by atoms with Crippen LogP contribution in [0.1, 0.15) is 0 Å². The number of carbonyl (C=O) groups is 1. The topological polar surface area (TPSA) is 85.2 Å². The van der Waals surface area contributed by atoms with E-state index in [1.165, 1.54) is 18.3 Å². The lowest BCUT2D eigenvalue weighted by Crippen LogP contribution is -1.89. The highest BCUT2D eigenvalue weighted by atomic mass is 16.6. The van der Waals surface area contributed by atoms with Crippen molar-refractivity contribution < 1.29 is 14.5 Å². The Hall–Kier alpha value is -2.37. The summed E-state index contributed by atoms with van der Waals surface area (Å²) in [5, 5.41) is 11.2. The van der Waals surface area contributed by atoms with E-state index in [-0.39, 0.29) is 17.9 Å². The Bertz CT molecular complexity index is 532. The van der Waals surface area contributed by atoms with Crippen molar-refractivity contribution in [1.29, 1.82) is 0 Å². The number of nitro groups is 1. The maximum absolute atomic E-state index is 10.7. The molecular formula is C9H6N2O4. The summed E-state index contributed by atoms with van der Waals surface area (Å²) in [7, 11) is 0. The average Bonchev–Trinajstić information content (AvgIpc) is 2.62. The van der Waals surface area contributed by atoms with Crippen LogP contribution >= 0.6 is 0 Å². The van der Waals surface area contributed by atoms with E-state index >= 15 is 0 Å².